The van der Waals surface area contributed by atoms with Gasteiger partial charge in [-0.3, -0.25) is 19.2 Å². The van der Waals surface area contributed by atoms with Crippen molar-refractivity contribution in [2.24, 2.45) is 0 Å². The number of nitrogens with zero attached hydrogens (tertiary/aromatic N) is 1. The maximum absolute atomic E-state index is 12.5. The predicted molar refractivity (Wildman–Crippen MR) is 84.0 cm³/mol. The number of fused-ring (bicyclic) bond motifs is 1. The summed E-state index contributed by atoms with van der Waals surface area (Å²) >= 11 is 1.10. The number of ether oxygens (including phenoxy) is 1. The number of rotatable bonds is 7. The van der Waals surface area contributed by atoms with Crippen LogP contribution in [0.5, 0.6) is 0 Å². The first kappa shape index (κ1) is 17.9. The fraction of sp³-hybridized carbons (Fsp3) is 0.357. The van der Waals surface area contributed by atoms with Crippen LogP contribution in [0.15, 0.2) is 15.5 Å². The van der Waals surface area contributed by atoms with Crippen molar-refractivity contribution in [1.29, 1.82) is 0 Å². The Bertz CT molecular complexity index is 724. The number of ketones is 2. The number of hydrogen-bond acceptors (Lipinski definition) is 8. The van der Waals surface area contributed by atoms with E-state index in [9.17, 15) is 19.2 Å². The smallest absolute Gasteiger partial charge is 0.274 e. The minimum absolute atomic E-state index is 0.0837. The van der Waals surface area contributed by atoms with Crippen molar-refractivity contribution in [3.05, 3.63) is 28.0 Å². The van der Waals surface area contributed by atoms with E-state index in [-0.39, 0.29) is 41.0 Å². The number of aromatic nitrogens is 1. The molecule has 0 radical (unpaired) electrons. The molecule has 1 heterocycles. The summed E-state index contributed by atoms with van der Waals surface area (Å²) in [5.41, 5.74) is -0.344. The summed E-state index contributed by atoms with van der Waals surface area (Å²) in [6.07, 6.45) is 1.15. The second-order valence-electron chi connectivity index (χ2n) is 4.59. The van der Waals surface area contributed by atoms with Gasteiger partial charge in [-0.2, -0.15) is 0 Å². The van der Waals surface area contributed by atoms with Crippen LogP contribution in [0.3, 0.4) is 0 Å². The summed E-state index contributed by atoms with van der Waals surface area (Å²) in [4.78, 5) is 47.3. The molecular formula is C14H15N3O6S. The van der Waals surface area contributed by atoms with E-state index < -0.39 is 17.5 Å². The average molecular weight is 353 g/mol. The molecule has 128 valence electrons. The van der Waals surface area contributed by atoms with E-state index in [1.165, 1.54) is 14.1 Å². The molecular weight excluding hydrogens is 338 g/mol. The van der Waals surface area contributed by atoms with E-state index in [1.807, 2.05) is 0 Å². The molecule has 0 unspecified atom stereocenters. The topological polar surface area (TPSA) is 128 Å². The lowest BCUT2D eigenvalue weighted by atomic mass is 10.00. The van der Waals surface area contributed by atoms with Gasteiger partial charge in [-0.1, -0.05) is 5.16 Å². The van der Waals surface area contributed by atoms with E-state index in [2.05, 4.69) is 15.8 Å². The molecule has 1 aliphatic rings. The SMILES string of the molecule is CNC(=O)COCCSC1=CC(=O)c2onc(C(=O)NC)c2C1=O. The zero-order chi connectivity index (χ0) is 17.7. The first-order valence-electron chi connectivity index (χ1n) is 6.93. The van der Waals surface area contributed by atoms with Crippen molar-refractivity contribution < 1.29 is 28.4 Å². The van der Waals surface area contributed by atoms with Gasteiger partial charge in [0.1, 0.15) is 12.2 Å². The van der Waals surface area contributed by atoms with Crippen molar-refractivity contribution in [2.75, 3.05) is 33.1 Å². The van der Waals surface area contributed by atoms with Crippen LogP contribution in [0, 0.1) is 0 Å². The molecule has 0 saturated carbocycles. The van der Waals surface area contributed by atoms with Crippen molar-refractivity contribution in [3.8, 4) is 0 Å². The zero-order valence-electron chi connectivity index (χ0n) is 13.0. The van der Waals surface area contributed by atoms with Crippen LogP contribution in [0.25, 0.3) is 0 Å². The number of hydrogen-bond donors (Lipinski definition) is 2. The minimum Gasteiger partial charge on any atom is -0.371 e. The maximum Gasteiger partial charge on any atom is 0.274 e. The Morgan fingerprint density at radius 2 is 2.04 bits per heavy atom. The highest BCUT2D eigenvalue weighted by molar-refractivity contribution is 8.04. The van der Waals surface area contributed by atoms with Gasteiger partial charge in [0.25, 0.3) is 5.91 Å². The number of nitrogens with one attached hydrogen (secondary N) is 2. The summed E-state index contributed by atoms with van der Waals surface area (Å²) in [6, 6.07) is 0. The van der Waals surface area contributed by atoms with Gasteiger partial charge in [0.05, 0.1) is 11.5 Å². The summed E-state index contributed by atoms with van der Waals surface area (Å²) in [5.74, 6) is -1.77. The first-order chi connectivity index (χ1) is 11.5. The molecule has 24 heavy (non-hydrogen) atoms. The van der Waals surface area contributed by atoms with E-state index in [1.54, 1.807) is 0 Å². The molecule has 0 fully saturated rings. The van der Waals surface area contributed by atoms with Crippen LogP contribution in [0.1, 0.15) is 31.4 Å². The molecule has 9 nitrogen and oxygen atoms in total. The molecule has 0 bridgehead atoms. The van der Waals surface area contributed by atoms with Crippen LogP contribution in [-0.4, -0.2) is 61.6 Å². The van der Waals surface area contributed by atoms with E-state index >= 15 is 0 Å². The third-order valence-corrected chi connectivity index (χ3v) is 4.05. The van der Waals surface area contributed by atoms with Crippen molar-refractivity contribution in [1.82, 2.24) is 15.8 Å². The molecule has 0 aliphatic heterocycles. The van der Waals surface area contributed by atoms with E-state index in [0.29, 0.717) is 5.75 Å². The molecule has 0 spiro atoms. The van der Waals surface area contributed by atoms with Gasteiger partial charge in [-0.25, -0.2) is 0 Å². The molecule has 2 rings (SSSR count). The second kappa shape index (κ2) is 7.88. The number of thioether (sulfide) groups is 1. The molecule has 0 saturated heterocycles. The van der Waals surface area contributed by atoms with Gasteiger partial charge in [-0.15, -0.1) is 11.8 Å². The highest BCUT2D eigenvalue weighted by Gasteiger charge is 2.35. The minimum atomic E-state index is -0.610. The largest absolute Gasteiger partial charge is 0.371 e. The monoisotopic (exact) mass is 353 g/mol. The lowest BCUT2D eigenvalue weighted by molar-refractivity contribution is -0.124. The standard InChI is InChI=1S/C14H15N3O6S/c1-15-9(19)6-22-3-4-24-8-5-7(18)13-10(12(8)20)11(17-23-13)14(21)16-2/h5H,3-4,6H2,1-2H3,(H,15,19)(H,16,21). The van der Waals surface area contributed by atoms with Gasteiger partial charge in [0.15, 0.2) is 5.69 Å². The number of Topliss-reactive ketones (excluding diaryl/α,β-unsaturated/α-hetero) is 1. The second-order valence-corrected chi connectivity index (χ2v) is 5.73. The summed E-state index contributed by atoms with van der Waals surface area (Å²) in [6.45, 7) is 0.134. The van der Waals surface area contributed by atoms with Gasteiger partial charge >= 0.3 is 0 Å². The Morgan fingerprint density at radius 3 is 2.71 bits per heavy atom. The third kappa shape index (κ3) is 3.71. The molecule has 1 aliphatic carbocycles. The fourth-order valence-corrected chi connectivity index (χ4v) is 2.72. The summed E-state index contributed by atoms with van der Waals surface area (Å²) in [5, 5.41) is 8.25. The van der Waals surface area contributed by atoms with Crippen LogP contribution in [-0.2, 0) is 9.53 Å². The normalized spacial score (nSPS) is 13.3. The highest BCUT2D eigenvalue weighted by atomic mass is 32.2. The molecule has 10 heteroatoms. The molecule has 1 aromatic rings. The van der Waals surface area contributed by atoms with Crippen LogP contribution in [0.2, 0.25) is 0 Å². The third-order valence-electron chi connectivity index (χ3n) is 3.07. The van der Waals surface area contributed by atoms with Gasteiger partial charge < -0.3 is 19.9 Å². The maximum atomic E-state index is 12.5. The van der Waals surface area contributed by atoms with Crippen molar-refractivity contribution in [2.45, 2.75) is 0 Å². The van der Waals surface area contributed by atoms with Crippen molar-refractivity contribution >= 4 is 35.1 Å². The highest BCUT2D eigenvalue weighted by Crippen LogP contribution is 2.30. The van der Waals surface area contributed by atoms with Gasteiger partial charge in [0, 0.05) is 25.9 Å². The number of amides is 2. The van der Waals surface area contributed by atoms with Crippen LogP contribution >= 0.6 is 11.8 Å². The number of carbonyl (C=O) groups is 4. The molecule has 1 aromatic heterocycles. The Kier molecular flexibility index (Phi) is 5.88. The molecule has 2 N–H and O–H groups in total. The molecule has 2 amide bonds. The zero-order valence-corrected chi connectivity index (χ0v) is 13.8. The number of likely N-dealkylation sites (N-methyl/N-ethyl adjacent to an activating group) is 1. The quantitative estimate of drug-likeness (QED) is 0.645. The van der Waals surface area contributed by atoms with Gasteiger partial charge in [0.2, 0.25) is 23.2 Å². The van der Waals surface area contributed by atoms with E-state index in [4.69, 9.17) is 9.26 Å². The summed E-state index contributed by atoms with van der Waals surface area (Å²) in [7, 11) is 2.88. The number of carbonyl (C=O) groups excluding carboxylic acids is 4. The van der Waals surface area contributed by atoms with Crippen LogP contribution < -0.4 is 10.6 Å². The first-order valence-corrected chi connectivity index (χ1v) is 7.91. The Labute approximate surface area is 141 Å². The lowest BCUT2D eigenvalue weighted by Gasteiger charge is -2.10. The Morgan fingerprint density at radius 1 is 1.29 bits per heavy atom. The fourth-order valence-electron chi connectivity index (χ4n) is 1.87. The average Bonchev–Trinajstić information content (AvgIpc) is 3.03. The summed E-state index contributed by atoms with van der Waals surface area (Å²) < 4.78 is 9.94. The molecule has 0 aromatic carbocycles. The van der Waals surface area contributed by atoms with Crippen LogP contribution in [0.4, 0.5) is 0 Å². The number of allylic oxidation sites excluding steroid dienone is 2. The lowest BCUT2D eigenvalue weighted by Crippen LogP contribution is -2.24. The van der Waals surface area contributed by atoms with Gasteiger partial charge in [-0.05, 0) is 0 Å². The Hall–Kier alpha value is -2.46. The Balaban J connectivity index is 2.02. The van der Waals surface area contributed by atoms with Crippen molar-refractivity contribution in [3.63, 3.8) is 0 Å². The van der Waals surface area contributed by atoms with E-state index in [0.717, 1.165) is 17.8 Å². The predicted octanol–water partition coefficient (Wildman–Crippen LogP) is -0.207. The molecule has 0 atom stereocenters.